The third-order valence-corrected chi connectivity index (χ3v) is 2.62. The van der Waals surface area contributed by atoms with Gasteiger partial charge >= 0.3 is 0 Å². The van der Waals surface area contributed by atoms with Gasteiger partial charge in [-0.15, -0.1) is 12.4 Å². The van der Waals surface area contributed by atoms with E-state index in [2.05, 4.69) is 10.3 Å². The predicted octanol–water partition coefficient (Wildman–Crippen LogP) is 1.91. The minimum absolute atomic E-state index is 0. The molecule has 1 aliphatic rings. The molecule has 0 radical (unpaired) electrons. The summed E-state index contributed by atoms with van der Waals surface area (Å²) >= 11 is 0. The number of nitrogens with one attached hydrogen (secondary N) is 1. The van der Waals surface area contributed by atoms with Gasteiger partial charge in [-0.1, -0.05) is 12.1 Å². The fourth-order valence-electron chi connectivity index (χ4n) is 1.69. The lowest BCUT2D eigenvalue weighted by molar-refractivity contribution is 0.557. The second-order valence-electron chi connectivity index (χ2n) is 3.76. The highest BCUT2D eigenvalue weighted by Gasteiger charge is 2.16. The van der Waals surface area contributed by atoms with Crippen molar-refractivity contribution >= 4 is 18.4 Å². The average molecular weight is 244 g/mol. The molecule has 5 heteroatoms. The first-order valence-corrected chi connectivity index (χ1v) is 4.99. The van der Waals surface area contributed by atoms with Gasteiger partial charge in [0.15, 0.2) is 5.96 Å². The number of guanidine groups is 1. The lowest BCUT2D eigenvalue weighted by atomic mass is 10.0. The lowest BCUT2D eigenvalue weighted by Crippen LogP contribution is -2.38. The highest BCUT2D eigenvalue weighted by molar-refractivity contribution is 5.85. The summed E-state index contributed by atoms with van der Waals surface area (Å²) in [6.07, 6.45) is 0.850. The van der Waals surface area contributed by atoms with Crippen LogP contribution in [0.3, 0.4) is 0 Å². The molecule has 3 nitrogen and oxygen atoms in total. The van der Waals surface area contributed by atoms with Crippen molar-refractivity contribution in [3.05, 3.63) is 35.1 Å². The van der Waals surface area contributed by atoms with Crippen LogP contribution in [0.15, 0.2) is 23.2 Å². The zero-order valence-electron chi connectivity index (χ0n) is 9.03. The van der Waals surface area contributed by atoms with Gasteiger partial charge in [0.1, 0.15) is 5.82 Å². The van der Waals surface area contributed by atoms with Crippen LogP contribution in [0.5, 0.6) is 0 Å². The van der Waals surface area contributed by atoms with Crippen molar-refractivity contribution in [3.8, 4) is 0 Å². The van der Waals surface area contributed by atoms with Gasteiger partial charge < -0.3 is 11.1 Å². The van der Waals surface area contributed by atoms with Crippen LogP contribution in [0.2, 0.25) is 0 Å². The lowest BCUT2D eigenvalue weighted by Gasteiger charge is -2.23. The van der Waals surface area contributed by atoms with Crippen LogP contribution in [0.1, 0.15) is 23.6 Å². The normalized spacial score (nSPS) is 19.4. The van der Waals surface area contributed by atoms with Gasteiger partial charge in [-0.3, -0.25) is 4.99 Å². The smallest absolute Gasteiger partial charge is 0.189 e. The molecule has 88 valence electrons. The molecule has 0 saturated heterocycles. The number of halogens is 2. The number of hydrogen-bond donors (Lipinski definition) is 2. The van der Waals surface area contributed by atoms with Crippen LogP contribution in [-0.2, 0) is 0 Å². The van der Waals surface area contributed by atoms with Gasteiger partial charge in [-0.05, 0) is 30.5 Å². The fraction of sp³-hybridized carbons (Fsp3) is 0.364. The van der Waals surface area contributed by atoms with Crippen LogP contribution in [0.25, 0.3) is 0 Å². The Kier molecular flexibility index (Phi) is 4.12. The van der Waals surface area contributed by atoms with Gasteiger partial charge in [0.2, 0.25) is 0 Å². The molecule has 0 spiro atoms. The third kappa shape index (κ3) is 2.64. The van der Waals surface area contributed by atoms with Gasteiger partial charge in [0.05, 0.1) is 6.04 Å². The molecular formula is C11H15ClFN3. The number of hydrogen-bond acceptors (Lipinski definition) is 3. The Morgan fingerprint density at radius 1 is 1.50 bits per heavy atom. The van der Waals surface area contributed by atoms with Crippen LogP contribution < -0.4 is 11.1 Å². The Balaban J connectivity index is 0.00000128. The Morgan fingerprint density at radius 3 is 2.88 bits per heavy atom. The molecule has 1 aromatic rings. The van der Waals surface area contributed by atoms with Crippen molar-refractivity contribution in [2.75, 3.05) is 6.54 Å². The number of nitrogens with zero attached hydrogens (tertiary/aromatic N) is 1. The molecule has 1 heterocycles. The van der Waals surface area contributed by atoms with E-state index in [0.717, 1.165) is 12.0 Å². The van der Waals surface area contributed by atoms with Crippen molar-refractivity contribution in [1.82, 2.24) is 5.32 Å². The highest BCUT2D eigenvalue weighted by Crippen LogP contribution is 2.21. The molecule has 0 bridgehead atoms. The van der Waals surface area contributed by atoms with E-state index in [0.29, 0.717) is 18.1 Å². The van der Waals surface area contributed by atoms with E-state index in [1.54, 1.807) is 19.1 Å². The van der Waals surface area contributed by atoms with Crippen molar-refractivity contribution < 1.29 is 4.39 Å². The number of benzene rings is 1. The molecule has 1 unspecified atom stereocenters. The summed E-state index contributed by atoms with van der Waals surface area (Å²) in [6.45, 7) is 2.45. The van der Waals surface area contributed by atoms with E-state index < -0.39 is 0 Å². The van der Waals surface area contributed by atoms with Crippen molar-refractivity contribution in [2.45, 2.75) is 19.4 Å². The summed E-state index contributed by atoms with van der Waals surface area (Å²) in [5.74, 6) is 0.266. The second-order valence-corrected chi connectivity index (χ2v) is 3.76. The molecule has 0 fully saturated rings. The maximum Gasteiger partial charge on any atom is 0.189 e. The summed E-state index contributed by atoms with van der Waals surface area (Å²) in [6, 6.07) is 5.35. The van der Waals surface area contributed by atoms with E-state index in [4.69, 9.17) is 5.73 Å². The largest absolute Gasteiger partial charge is 0.370 e. The van der Waals surface area contributed by atoms with Gasteiger partial charge in [0.25, 0.3) is 0 Å². The Hall–Kier alpha value is -1.29. The van der Waals surface area contributed by atoms with E-state index in [1.165, 1.54) is 0 Å². The SMILES string of the molecule is Cc1ccc(C2CCN=C(N)N2)cc1F.Cl. The van der Waals surface area contributed by atoms with Crippen LogP contribution in [0, 0.1) is 12.7 Å². The molecule has 3 N–H and O–H groups in total. The first-order chi connectivity index (χ1) is 7.16. The van der Waals surface area contributed by atoms with Gasteiger partial charge in [-0.25, -0.2) is 4.39 Å². The highest BCUT2D eigenvalue weighted by atomic mass is 35.5. The molecule has 2 rings (SSSR count). The quantitative estimate of drug-likeness (QED) is 0.792. The van der Waals surface area contributed by atoms with Gasteiger partial charge in [-0.2, -0.15) is 0 Å². The molecule has 16 heavy (non-hydrogen) atoms. The zero-order chi connectivity index (χ0) is 10.8. The first kappa shape index (κ1) is 12.8. The second kappa shape index (κ2) is 5.16. The Labute approximate surface area is 100 Å². The van der Waals surface area contributed by atoms with Crippen LogP contribution >= 0.6 is 12.4 Å². The van der Waals surface area contributed by atoms with Crippen molar-refractivity contribution in [2.24, 2.45) is 10.7 Å². The topological polar surface area (TPSA) is 50.4 Å². The van der Waals surface area contributed by atoms with E-state index in [-0.39, 0.29) is 24.3 Å². The summed E-state index contributed by atoms with van der Waals surface area (Å²) in [4.78, 5) is 4.04. The van der Waals surface area contributed by atoms with E-state index in [1.807, 2.05) is 6.07 Å². The number of rotatable bonds is 1. The minimum atomic E-state index is -0.171. The van der Waals surface area contributed by atoms with Gasteiger partial charge in [0, 0.05) is 6.54 Å². The Morgan fingerprint density at radius 2 is 2.25 bits per heavy atom. The summed E-state index contributed by atoms with van der Waals surface area (Å²) in [7, 11) is 0. The van der Waals surface area contributed by atoms with Crippen LogP contribution in [0.4, 0.5) is 4.39 Å². The first-order valence-electron chi connectivity index (χ1n) is 4.99. The number of aliphatic imine (C=N–C) groups is 1. The zero-order valence-corrected chi connectivity index (χ0v) is 9.85. The fourth-order valence-corrected chi connectivity index (χ4v) is 1.69. The molecular weight excluding hydrogens is 229 g/mol. The summed E-state index contributed by atoms with van der Waals surface area (Å²) in [5.41, 5.74) is 7.17. The maximum atomic E-state index is 13.3. The van der Waals surface area contributed by atoms with Crippen LogP contribution in [-0.4, -0.2) is 12.5 Å². The molecule has 1 aromatic carbocycles. The molecule has 0 aromatic heterocycles. The molecule has 0 amide bonds. The number of aryl methyl sites for hydroxylation is 1. The monoisotopic (exact) mass is 243 g/mol. The summed E-state index contributed by atoms with van der Waals surface area (Å²) in [5, 5.41) is 3.04. The van der Waals surface area contributed by atoms with E-state index in [9.17, 15) is 4.39 Å². The number of nitrogens with two attached hydrogens (primary N) is 1. The maximum absolute atomic E-state index is 13.3. The standard InChI is InChI=1S/C11H14FN3.ClH/c1-7-2-3-8(6-9(7)12)10-4-5-14-11(13)15-10;/h2-3,6,10H,4-5H2,1H3,(H3,13,14,15);1H. The Bertz CT molecular complexity index is 406. The van der Waals surface area contributed by atoms with Crippen molar-refractivity contribution in [1.29, 1.82) is 0 Å². The summed E-state index contributed by atoms with van der Waals surface area (Å²) < 4.78 is 13.3. The molecule has 0 saturated carbocycles. The minimum Gasteiger partial charge on any atom is -0.370 e. The average Bonchev–Trinajstić information content (AvgIpc) is 2.22. The predicted molar refractivity (Wildman–Crippen MR) is 65.4 cm³/mol. The van der Waals surface area contributed by atoms with E-state index >= 15 is 0 Å². The van der Waals surface area contributed by atoms with Crippen molar-refractivity contribution in [3.63, 3.8) is 0 Å². The molecule has 1 atom stereocenters. The molecule has 1 aliphatic heterocycles. The molecule has 0 aliphatic carbocycles. The third-order valence-electron chi connectivity index (χ3n) is 2.62.